The van der Waals surface area contributed by atoms with Gasteiger partial charge in [0.05, 0.1) is 0 Å². The normalized spacial score (nSPS) is 10.7. The minimum Gasteiger partial charge on any atom is -0.207 e. The van der Waals surface area contributed by atoms with Gasteiger partial charge in [-0.05, 0) is 31.0 Å². The first-order valence-electron chi connectivity index (χ1n) is 3.51. The summed E-state index contributed by atoms with van der Waals surface area (Å²) in [6.45, 7) is 3.56. The Balaban J connectivity index is 2.66. The maximum absolute atomic E-state index is 12.4. The van der Waals surface area contributed by atoms with Crippen LogP contribution in [0.25, 0.3) is 0 Å². The first kappa shape index (κ1) is 7.99. The molecule has 0 aliphatic heterocycles. The molecule has 1 aromatic rings. The zero-order chi connectivity index (χ0) is 8.10. The van der Waals surface area contributed by atoms with Crippen LogP contribution in [0.4, 0.5) is 4.39 Å². The lowest BCUT2D eigenvalue weighted by molar-refractivity contribution is 0.627. The summed E-state index contributed by atoms with van der Waals surface area (Å²) < 4.78 is 12.4. The zero-order valence-corrected chi connectivity index (χ0v) is 6.26. The molecule has 0 atom stereocenters. The van der Waals surface area contributed by atoms with Crippen LogP contribution >= 0.6 is 0 Å². The van der Waals surface area contributed by atoms with Crippen molar-refractivity contribution in [2.45, 2.75) is 6.42 Å². The second kappa shape index (κ2) is 3.91. The van der Waals surface area contributed by atoms with E-state index >= 15 is 0 Å². The second-order valence-corrected chi connectivity index (χ2v) is 2.30. The Labute approximate surface area is 66.4 Å². The Morgan fingerprint density at radius 2 is 1.91 bits per heavy atom. The fraction of sp³-hybridized carbons (Fsp3) is 0.100. The smallest absolute Gasteiger partial charge is 0.123 e. The van der Waals surface area contributed by atoms with E-state index in [1.807, 2.05) is 6.08 Å². The molecule has 0 fully saturated rings. The van der Waals surface area contributed by atoms with E-state index in [1.165, 1.54) is 12.1 Å². The van der Waals surface area contributed by atoms with E-state index in [4.69, 9.17) is 0 Å². The summed E-state index contributed by atoms with van der Waals surface area (Å²) in [5, 5.41) is 0. The van der Waals surface area contributed by atoms with E-state index in [0.29, 0.717) is 0 Å². The summed E-state index contributed by atoms with van der Waals surface area (Å²) in [4.78, 5) is 0. The molecule has 0 aromatic heterocycles. The van der Waals surface area contributed by atoms with E-state index in [2.05, 4.69) is 6.92 Å². The van der Waals surface area contributed by atoms with Crippen LogP contribution < -0.4 is 0 Å². The van der Waals surface area contributed by atoms with E-state index < -0.39 is 0 Å². The van der Waals surface area contributed by atoms with Crippen LogP contribution in [0.15, 0.2) is 36.4 Å². The Kier molecular flexibility index (Phi) is 2.84. The molecule has 0 amide bonds. The summed E-state index contributed by atoms with van der Waals surface area (Å²) in [6, 6.07) is 6.48. The summed E-state index contributed by atoms with van der Waals surface area (Å²) >= 11 is 0. The number of allylic oxidation sites excluding steroid dienone is 2. The topological polar surface area (TPSA) is 0 Å². The third-order valence-electron chi connectivity index (χ3n) is 1.43. The molecule has 0 unspecified atom stereocenters. The highest BCUT2D eigenvalue weighted by molar-refractivity contribution is 5.18. The first-order valence-corrected chi connectivity index (χ1v) is 3.51. The molecule has 57 valence electrons. The van der Waals surface area contributed by atoms with Crippen molar-refractivity contribution >= 4 is 0 Å². The van der Waals surface area contributed by atoms with Gasteiger partial charge in [-0.15, -0.1) is 0 Å². The van der Waals surface area contributed by atoms with Crippen LogP contribution in [0.2, 0.25) is 0 Å². The third-order valence-corrected chi connectivity index (χ3v) is 1.43. The molecule has 0 aliphatic rings. The molecule has 11 heavy (non-hydrogen) atoms. The molecular weight excluding hydrogens is 139 g/mol. The van der Waals surface area contributed by atoms with E-state index in [1.54, 1.807) is 18.2 Å². The molecule has 0 saturated carbocycles. The number of rotatable bonds is 2. The van der Waals surface area contributed by atoms with Gasteiger partial charge < -0.3 is 0 Å². The fourth-order valence-electron chi connectivity index (χ4n) is 0.840. The molecular formula is C10H10F. The summed E-state index contributed by atoms with van der Waals surface area (Å²) in [6.07, 6.45) is 4.50. The Morgan fingerprint density at radius 1 is 1.27 bits per heavy atom. The average Bonchev–Trinajstić information content (AvgIpc) is 2.04. The first-order chi connectivity index (χ1) is 5.33. The maximum Gasteiger partial charge on any atom is 0.123 e. The minimum absolute atomic E-state index is 0.188. The quantitative estimate of drug-likeness (QED) is 0.606. The number of halogens is 1. The largest absolute Gasteiger partial charge is 0.207 e. The fourth-order valence-corrected chi connectivity index (χ4v) is 0.840. The van der Waals surface area contributed by atoms with Gasteiger partial charge in [0.25, 0.3) is 0 Å². The monoisotopic (exact) mass is 149 g/mol. The van der Waals surface area contributed by atoms with Crippen molar-refractivity contribution in [2.75, 3.05) is 0 Å². The lowest BCUT2D eigenvalue weighted by Crippen LogP contribution is -1.80. The van der Waals surface area contributed by atoms with Crippen molar-refractivity contribution in [3.63, 3.8) is 0 Å². The Hall–Kier alpha value is -1.11. The van der Waals surface area contributed by atoms with Gasteiger partial charge in [-0.1, -0.05) is 24.3 Å². The third kappa shape index (κ3) is 2.54. The average molecular weight is 149 g/mol. The van der Waals surface area contributed by atoms with Crippen LogP contribution in [0.3, 0.4) is 0 Å². The van der Waals surface area contributed by atoms with E-state index in [9.17, 15) is 4.39 Å². The van der Waals surface area contributed by atoms with E-state index in [-0.39, 0.29) is 5.82 Å². The maximum atomic E-state index is 12.4. The molecule has 0 heterocycles. The van der Waals surface area contributed by atoms with Crippen molar-refractivity contribution in [1.82, 2.24) is 0 Å². The van der Waals surface area contributed by atoms with Gasteiger partial charge in [0.1, 0.15) is 5.82 Å². The van der Waals surface area contributed by atoms with Gasteiger partial charge >= 0.3 is 0 Å². The highest BCUT2D eigenvalue weighted by atomic mass is 19.1. The van der Waals surface area contributed by atoms with Crippen molar-refractivity contribution in [1.29, 1.82) is 0 Å². The zero-order valence-electron chi connectivity index (χ0n) is 6.26. The summed E-state index contributed by atoms with van der Waals surface area (Å²) in [5.74, 6) is -0.188. The standard InChI is InChI=1S/C10H10F/c1-2-3-4-9-5-7-10(11)8-6-9/h2-3,5-8H,1,4H2/b3-2+. The van der Waals surface area contributed by atoms with Gasteiger partial charge in [0.2, 0.25) is 0 Å². The molecule has 1 radical (unpaired) electrons. The molecule has 0 saturated heterocycles. The lowest BCUT2D eigenvalue weighted by Gasteiger charge is -1.94. The van der Waals surface area contributed by atoms with Crippen molar-refractivity contribution < 1.29 is 4.39 Å². The molecule has 0 spiro atoms. The number of hydrogen-bond acceptors (Lipinski definition) is 0. The molecule has 0 N–H and O–H groups in total. The predicted octanol–water partition coefficient (Wildman–Crippen LogP) is 2.76. The van der Waals surface area contributed by atoms with Crippen molar-refractivity contribution in [3.05, 3.63) is 54.7 Å². The van der Waals surface area contributed by atoms with Gasteiger partial charge in [-0.3, -0.25) is 0 Å². The SMILES string of the molecule is [CH2]/C=C/Cc1ccc(F)cc1. The van der Waals surface area contributed by atoms with Gasteiger partial charge in [0, 0.05) is 0 Å². The van der Waals surface area contributed by atoms with E-state index in [0.717, 1.165) is 12.0 Å². The van der Waals surface area contributed by atoms with Crippen LogP contribution in [0, 0.1) is 12.7 Å². The minimum atomic E-state index is -0.188. The van der Waals surface area contributed by atoms with Crippen LogP contribution in [-0.2, 0) is 6.42 Å². The van der Waals surface area contributed by atoms with Crippen molar-refractivity contribution in [3.8, 4) is 0 Å². The van der Waals surface area contributed by atoms with Gasteiger partial charge in [-0.25, -0.2) is 4.39 Å². The molecule has 0 nitrogen and oxygen atoms in total. The molecule has 0 aliphatic carbocycles. The van der Waals surface area contributed by atoms with Crippen LogP contribution in [0.5, 0.6) is 0 Å². The Bertz CT molecular complexity index is 234. The predicted molar refractivity (Wildman–Crippen MR) is 44.6 cm³/mol. The van der Waals surface area contributed by atoms with Gasteiger partial charge in [-0.2, -0.15) is 0 Å². The second-order valence-electron chi connectivity index (χ2n) is 2.30. The van der Waals surface area contributed by atoms with Gasteiger partial charge in [0.15, 0.2) is 0 Å². The Morgan fingerprint density at radius 3 is 2.45 bits per heavy atom. The molecule has 1 aromatic carbocycles. The number of benzene rings is 1. The van der Waals surface area contributed by atoms with Crippen LogP contribution in [0.1, 0.15) is 5.56 Å². The highest BCUT2D eigenvalue weighted by Crippen LogP contribution is 2.03. The molecule has 1 rings (SSSR count). The lowest BCUT2D eigenvalue weighted by atomic mass is 10.1. The highest BCUT2D eigenvalue weighted by Gasteiger charge is 1.89. The molecule has 1 heteroatoms. The van der Waals surface area contributed by atoms with Crippen molar-refractivity contribution in [2.24, 2.45) is 0 Å². The summed E-state index contributed by atoms with van der Waals surface area (Å²) in [5.41, 5.74) is 1.10. The van der Waals surface area contributed by atoms with Crippen LogP contribution in [-0.4, -0.2) is 0 Å². The summed E-state index contributed by atoms with van der Waals surface area (Å²) in [7, 11) is 0. The number of hydrogen-bond donors (Lipinski definition) is 0. The molecule has 0 bridgehead atoms.